The number of nitrogens with zero attached hydrogens (tertiary/aromatic N) is 4. The predicted molar refractivity (Wildman–Crippen MR) is 116 cm³/mol. The molecule has 2 aromatic rings. The van der Waals surface area contributed by atoms with Gasteiger partial charge in [0.2, 0.25) is 5.91 Å². The first-order valence-corrected chi connectivity index (χ1v) is 10.6. The van der Waals surface area contributed by atoms with Crippen molar-refractivity contribution in [1.29, 1.82) is 0 Å². The Morgan fingerprint density at radius 2 is 1.33 bits per heavy atom. The summed E-state index contributed by atoms with van der Waals surface area (Å²) >= 11 is 0. The topological polar surface area (TPSA) is 77.4 Å². The smallest absolute Gasteiger partial charge is 0.319 e. The van der Waals surface area contributed by atoms with Gasteiger partial charge in [-0.2, -0.15) is 10.2 Å². The molecule has 0 unspecified atom stereocenters. The summed E-state index contributed by atoms with van der Waals surface area (Å²) < 4.78 is 0. The Kier molecular flexibility index (Phi) is 6.37. The van der Waals surface area contributed by atoms with E-state index in [9.17, 15) is 9.59 Å². The molecule has 2 aliphatic rings. The third-order valence-electron chi connectivity index (χ3n) is 5.68. The quantitative estimate of drug-likeness (QED) is 0.729. The first-order chi connectivity index (χ1) is 14.7. The van der Waals surface area contributed by atoms with E-state index in [1.54, 1.807) is 0 Å². The number of rotatable bonds is 4. The molecule has 0 bridgehead atoms. The van der Waals surface area contributed by atoms with E-state index in [0.717, 1.165) is 43.0 Å². The van der Waals surface area contributed by atoms with Crippen LogP contribution in [-0.2, 0) is 4.79 Å². The number of azo groups is 1. The van der Waals surface area contributed by atoms with Gasteiger partial charge in [0, 0.05) is 37.8 Å². The largest absolute Gasteiger partial charge is 0.326 e. The predicted octanol–water partition coefficient (Wildman–Crippen LogP) is 4.97. The maximum atomic E-state index is 12.6. The van der Waals surface area contributed by atoms with Crippen molar-refractivity contribution in [1.82, 2.24) is 9.80 Å². The van der Waals surface area contributed by atoms with Crippen LogP contribution in [0.5, 0.6) is 0 Å². The van der Waals surface area contributed by atoms with Gasteiger partial charge in [-0.3, -0.25) is 4.79 Å². The van der Waals surface area contributed by atoms with E-state index in [2.05, 4.69) is 15.5 Å². The van der Waals surface area contributed by atoms with Gasteiger partial charge in [0.15, 0.2) is 0 Å². The Bertz CT molecular complexity index is 884. The summed E-state index contributed by atoms with van der Waals surface area (Å²) in [7, 11) is 0. The molecule has 7 heteroatoms. The van der Waals surface area contributed by atoms with E-state index in [1.807, 2.05) is 64.4 Å². The molecule has 2 saturated heterocycles. The van der Waals surface area contributed by atoms with Gasteiger partial charge in [0.1, 0.15) is 0 Å². The molecule has 2 aliphatic heterocycles. The fourth-order valence-electron chi connectivity index (χ4n) is 3.91. The minimum absolute atomic E-state index is 0.0157. The van der Waals surface area contributed by atoms with Gasteiger partial charge in [-0.1, -0.05) is 18.2 Å². The standard InChI is InChI=1S/C23H27N5O2/c29-22(18-12-16-28(17-13-18)23(30)27-14-4-5-15-27)24-19-8-10-21(11-9-19)26-25-20-6-2-1-3-7-20/h1-3,6-11,18H,4-5,12-17H2,(H,24,29). The lowest BCUT2D eigenvalue weighted by atomic mass is 9.96. The van der Waals surface area contributed by atoms with Gasteiger partial charge in [-0.05, 0) is 62.1 Å². The molecule has 0 aromatic heterocycles. The number of benzene rings is 2. The minimum Gasteiger partial charge on any atom is -0.326 e. The highest BCUT2D eigenvalue weighted by Gasteiger charge is 2.30. The Labute approximate surface area is 176 Å². The number of carbonyl (C=O) groups is 2. The van der Waals surface area contributed by atoms with Crippen LogP contribution in [0.15, 0.2) is 64.8 Å². The van der Waals surface area contributed by atoms with Gasteiger partial charge in [0.25, 0.3) is 0 Å². The average molecular weight is 406 g/mol. The Hall–Kier alpha value is -3.22. The van der Waals surface area contributed by atoms with Crippen molar-refractivity contribution in [3.8, 4) is 0 Å². The molecular weight excluding hydrogens is 378 g/mol. The van der Waals surface area contributed by atoms with E-state index < -0.39 is 0 Å². The molecule has 1 N–H and O–H groups in total. The van der Waals surface area contributed by atoms with E-state index in [-0.39, 0.29) is 17.9 Å². The van der Waals surface area contributed by atoms with Crippen molar-refractivity contribution in [3.63, 3.8) is 0 Å². The molecular formula is C23H27N5O2. The number of hydrogen-bond acceptors (Lipinski definition) is 4. The first-order valence-electron chi connectivity index (χ1n) is 10.6. The van der Waals surface area contributed by atoms with Crippen LogP contribution in [0, 0.1) is 5.92 Å². The van der Waals surface area contributed by atoms with Crippen LogP contribution in [0.25, 0.3) is 0 Å². The lowest BCUT2D eigenvalue weighted by molar-refractivity contribution is -0.121. The maximum absolute atomic E-state index is 12.6. The zero-order valence-electron chi connectivity index (χ0n) is 17.0. The maximum Gasteiger partial charge on any atom is 0.319 e. The summed E-state index contributed by atoms with van der Waals surface area (Å²) in [5, 5.41) is 11.4. The van der Waals surface area contributed by atoms with Crippen LogP contribution in [0.4, 0.5) is 21.9 Å². The number of piperidine rings is 1. The van der Waals surface area contributed by atoms with Gasteiger partial charge >= 0.3 is 6.03 Å². The van der Waals surface area contributed by atoms with Gasteiger partial charge in [-0.15, -0.1) is 0 Å². The summed E-state index contributed by atoms with van der Waals surface area (Å²) in [5.41, 5.74) is 2.27. The van der Waals surface area contributed by atoms with Crippen molar-refractivity contribution in [2.24, 2.45) is 16.1 Å². The van der Waals surface area contributed by atoms with E-state index in [4.69, 9.17) is 0 Å². The molecule has 2 aromatic carbocycles. The lowest BCUT2D eigenvalue weighted by Crippen LogP contribution is -2.47. The third kappa shape index (κ3) is 5.03. The molecule has 3 amide bonds. The normalized spacial score (nSPS) is 17.5. The number of hydrogen-bond donors (Lipinski definition) is 1. The van der Waals surface area contributed by atoms with E-state index >= 15 is 0 Å². The molecule has 0 aliphatic carbocycles. The number of amides is 3. The molecule has 2 fully saturated rings. The highest BCUT2D eigenvalue weighted by Crippen LogP contribution is 2.23. The zero-order chi connectivity index (χ0) is 20.8. The van der Waals surface area contributed by atoms with Crippen LogP contribution in [-0.4, -0.2) is 47.9 Å². The molecule has 4 rings (SSSR count). The summed E-state index contributed by atoms with van der Waals surface area (Å²) in [4.78, 5) is 28.9. The summed E-state index contributed by atoms with van der Waals surface area (Å²) in [6.07, 6.45) is 3.59. The summed E-state index contributed by atoms with van der Waals surface area (Å²) in [5.74, 6) is -0.0491. The van der Waals surface area contributed by atoms with Crippen LogP contribution < -0.4 is 5.32 Å². The Morgan fingerprint density at radius 3 is 1.97 bits per heavy atom. The van der Waals surface area contributed by atoms with Crippen molar-refractivity contribution < 1.29 is 9.59 Å². The van der Waals surface area contributed by atoms with Crippen molar-refractivity contribution in [2.45, 2.75) is 25.7 Å². The molecule has 7 nitrogen and oxygen atoms in total. The summed E-state index contributed by atoms with van der Waals surface area (Å²) in [6, 6.07) is 17.0. The minimum atomic E-state index is -0.0647. The fourth-order valence-corrected chi connectivity index (χ4v) is 3.91. The number of anilines is 1. The van der Waals surface area contributed by atoms with Crippen LogP contribution in [0.2, 0.25) is 0 Å². The van der Waals surface area contributed by atoms with Gasteiger partial charge < -0.3 is 15.1 Å². The Morgan fingerprint density at radius 1 is 0.767 bits per heavy atom. The zero-order valence-corrected chi connectivity index (χ0v) is 17.0. The summed E-state index contributed by atoms with van der Waals surface area (Å²) in [6.45, 7) is 3.01. The number of carbonyl (C=O) groups excluding carboxylic acids is 2. The molecule has 0 spiro atoms. The highest BCUT2D eigenvalue weighted by molar-refractivity contribution is 5.92. The van der Waals surface area contributed by atoms with Crippen molar-refractivity contribution in [2.75, 3.05) is 31.5 Å². The molecule has 0 atom stereocenters. The third-order valence-corrected chi connectivity index (χ3v) is 5.68. The van der Waals surface area contributed by atoms with Crippen LogP contribution in [0.3, 0.4) is 0 Å². The van der Waals surface area contributed by atoms with E-state index in [0.29, 0.717) is 25.9 Å². The Balaban J connectivity index is 1.26. The molecule has 0 radical (unpaired) electrons. The second kappa shape index (κ2) is 9.52. The van der Waals surface area contributed by atoms with Crippen LogP contribution in [0.1, 0.15) is 25.7 Å². The second-order valence-corrected chi connectivity index (χ2v) is 7.81. The number of urea groups is 1. The molecule has 2 heterocycles. The number of nitrogens with one attached hydrogen (secondary N) is 1. The number of likely N-dealkylation sites (tertiary alicyclic amines) is 2. The SMILES string of the molecule is O=C(Nc1ccc(N=Nc2ccccc2)cc1)C1CCN(C(=O)N2CCCC2)CC1. The van der Waals surface area contributed by atoms with Gasteiger partial charge in [0.05, 0.1) is 11.4 Å². The average Bonchev–Trinajstić information content (AvgIpc) is 3.34. The monoisotopic (exact) mass is 405 g/mol. The van der Waals surface area contributed by atoms with Crippen LogP contribution >= 0.6 is 0 Å². The van der Waals surface area contributed by atoms with E-state index in [1.165, 1.54) is 0 Å². The molecule has 30 heavy (non-hydrogen) atoms. The molecule has 156 valence electrons. The van der Waals surface area contributed by atoms with Crippen molar-refractivity contribution >= 4 is 29.0 Å². The van der Waals surface area contributed by atoms with Crippen molar-refractivity contribution in [3.05, 3.63) is 54.6 Å². The highest BCUT2D eigenvalue weighted by atomic mass is 16.2. The first kappa shape index (κ1) is 20.1. The second-order valence-electron chi connectivity index (χ2n) is 7.81. The molecule has 0 saturated carbocycles. The fraction of sp³-hybridized carbons (Fsp3) is 0.391. The van der Waals surface area contributed by atoms with Gasteiger partial charge in [-0.25, -0.2) is 4.79 Å². The lowest BCUT2D eigenvalue weighted by Gasteiger charge is -2.34.